The molecule has 1 aliphatic carbocycles. The Hall–Kier alpha value is -1.44. The molecule has 1 saturated heterocycles. The van der Waals surface area contributed by atoms with Crippen molar-refractivity contribution in [1.82, 2.24) is 14.7 Å². The SMILES string of the molecule is O=S(=O)(NC1CCN(c2cnc3cc(Cl)ccc3n2)CC1)C1CC1. The van der Waals surface area contributed by atoms with Gasteiger partial charge in [-0.25, -0.2) is 18.1 Å². The van der Waals surface area contributed by atoms with Crippen molar-refractivity contribution in [3.05, 3.63) is 29.4 Å². The molecule has 2 aromatic rings. The number of nitrogens with zero attached hydrogens (tertiary/aromatic N) is 3. The summed E-state index contributed by atoms with van der Waals surface area (Å²) in [6, 6.07) is 5.50. The van der Waals surface area contributed by atoms with Crippen molar-refractivity contribution in [2.24, 2.45) is 0 Å². The fraction of sp³-hybridized carbons (Fsp3) is 0.500. The fourth-order valence-electron chi connectivity index (χ4n) is 3.06. The predicted molar refractivity (Wildman–Crippen MR) is 94.9 cm³/mol. The van der Waals surface area contributed by atoms with Crippen molar-refractivity contribution in [3.63, 3.8) is 0 Å². The Morgan fingerprint density at radius 1 is 1.12 bits per heavy atom. The van der Waals surface area contributed by atoms with Crippen LogP contribution in [0.25, 0.3) is 11.0 Å². The van der Waals surface area contributed by atoms with Gasteiger partial charge < -0.3 is 4.90 Å². The van der Waals surface area contributed by atoms with Crippen LogP contribution in [0.15, 0.2) is 24.4 Å². The number of hydrogen-bond donors (Lipinski definition) is 1. The lowest BCUT2D eigenvalue weighted by Crippen LogP contribution is -2.45. The van der Waals surface area contributed by atoms with Crippen LogP contribution in [0, 0.1) is 0 Å². The number of fused-ring (bicyclic) bond motifs is 1. The van der Waals surface area contributed by atoms with E-state index >= 15 is 0 Å². The van der Waals surface area contributed by atoms with Crippen molar-refractivity contribution in [1.29, 1.82) is 0 Å². The molecule has 0 radical (unpaired) electrons. The molecule has 1 aliphatic heterocycles. The van der Waals surface area contributed by atoms with Gasteiger partial charge in [-0.1, -0.05) is 11.6 Å². The van der Waals surface area contributed by atoms with Crippen LogP contribution >= 0.6 is 11.6 Å². The zero-order chi connectivity index (χ0) is 16.7. The molecule has 2 heterocycles. The third-order valence-corrected chi connectivity index (χ3v) is 6.85. The van der Waals surface area contributed by atoms with Gasteiger partial charge in [0, 0.05) is 24.2 Å². The van der Waals surface area contributed by atoms with E-state index in [1.54, 1.807) is 18.3 Å². The van der Waals surface area contributed by atoms with Crippen molar-refractivity contribution >= 4 is 38.5 Å². The van der Waals surface area contributed by atoms with Crippen LogP contribution in [-0.2, 0) is 10.0 Å². The maximum absolute atomic E-state index is 12.0. The predicted octanol–water partition coefficient (Wildman–Crippen LogP) is 2.33. The first-order valence-electron chi connectivity index (χ1n) is 8.20. The molecule has 0 unspecified atom stereocenters. The number of piperidine rings is 1. The van der Waals surface area contributed by atoms with Crippen LogP contribution in [0.3, 0.4) is 0 Å². The summed E-state index contributed by atoms with van der Waals surface area (Å²) in [6.07, 6.45) is 4.92. The van der Waals surface area contributed by atoms with Crippen molar-refractivity contribution in [2.45, 2.75) is 37.0 Å². The van der Waals surface area contributed by atoms with Crippen molar-refractivity contribution in [3.8, 4) is 0 Å². The number of rotatable bonds is 4. The molecule has 1 aromatic heterocycles. The summed E-state index contributed by atoms with van der Waals surface area (Å²) >= 11 is 5.97. The lowest BCUT2D eigenvalue weighted by atomic mass is 10.1. The summed E-state index contributed by atoms with van der Waals surface area (Å²) in [5.41, 5.74) is 1.59. The van der Waals surface area contributed by atoms with Crippen molar-refractivity contribution in [2.75, 3.05) is 18.0 Å². The highest BCUT2D eigenvalue weighted by Crippen LogP contribution is 2.29. The Bertz CT molecular complexity index is 862. The summed E-state index contributed by atoms with van der Waals surface area (Å²) in [4.78, 5) is 11.2. The van der Waals surface area contributed by atoms with E-state index in [9.17, 15) is 8.42 Å². The standard InChI is InChI=1S/C16H19ClN4O2S/c17-11-1-4-14-15(9-11)18-10-16(19-14)21-7-5-12(6-8-21)20-24(22,23)13-2-3-13/h1,4,9-10,12-13,20H,2-3,5-8H2. The third kappa shape index (κ3) is 3.34. The normalized spacial score (nSPS) is 19.8. The zero-order valence-electron chi connectivity index (χ0n) is 13.2. The van der Waals surface area contributed by atoms with E-state index < -0.39 is 10.0 Å². The fourth-order valence-corrected chi connectivity index (χ4v) is 4.88. The largest absolute Gasteiger partial charge is 0.355 e. The third-order valence-electron chi connectivity index (χ3n) is 4.60. The van der Waals surface area contributed by atoms with E-state index in [1.807, 2.05) is 6.07 Å². The number of nitrogens with one attached hydrogen (secondary N) is 1. The minimum Gasteiger partial charge on any atom is -0.355 e. The van der Waals surface area contributed by atoms with E-state index in [4.69, 9.17) is 11.6 Å². The maximum atomic E-state index is 12.0. The molecule has 2 aliphatic rings. The highest BCUT2D eigenvalue weighted by atomic mass is 35.5. The average Bonchev–Trinajstić information content (AvgIpc) is 3.40. The van der Waals surface area contributed by atoms with E-state index in [1.165, 1.54) is 0 Å². The first-order chi connectivity index (χ1) is 11.5. The lowest BCUT2D eigenvalue weighted by molar-refractivity contribution is 0.458. The minimum absolute atomic E-state index is 0.0269. The van der Waals surface area contributed by atoms with Gasteiger partial charge in [-0.15, -0.1) is 0 Å². The van der Waals surface area contributed by atoms with Crippen LogP contribution in [0.4, 0.5) is 5.82 Å². The molecule has 0 amide bonds. The van der Waals surface area contributed by atoms with Crippen LogP contribution in [0.5, 0.6) is 0 Å². The van der Waals surface area contributed by atoms with Gasteiger partial charge in [0.25, 0.3) is 0 Å². The Labute approximate surface area is 146 Å². The van der Waals surface area contributed by atoms with Crippen LogP contribution in [0.1, 0.15) is 25.7 Å². The molecule has 4 rings (SSSR count). The van der Waals surface area contributed by atoms with Gasteiger partial charge in [0.1, 0.15) is 5.82 Å². The Kier molecular flexibility index (Phi) is 4.10. The van der Waals surface area contributed by atoms with Gasteiger partial charge in [-0.2, -0.15) is 0 Å². The van der Waals surface area contributed by atoms with Crippen LogP contribution in [0.2, 0.25) is 5.02 Å². The van der Waals surface area contributed by atoms with Crippen LogP contribution < -0.4 is 9.62 Å². The molecule has 8 heteroatoms. The van der Waals surface area contributed by atoms with Gasteiger partial charge >= 0.3 is 0 Å². The Morgan fingerprint density at radius 2 is 1.88 bits per heavy atom. The van der Waals surface area contributed by atoms with E-state index in [-0.39, 0.29) is 11.3 Å². The second kappa shape index (κ2) is 6.13. The molecule has 24 heavy (non-hydrogen) atoms. The van der Waals surface area contributed by atoms with Gasteiger partial charge in [-0.3, -0.25) is 4.98 Å². The maximum Gasteiger partial charge on any atom is 0.214 e. The first kappa shape index (κ1) is 16.1. The van der Waals surface area contributed by atoms with Gasteiger partial charge in [0.2, 0.25) is 10.0 Å². The number of anilines is 1. The molecule has 1 N–H and O–H groups in total. The van der Waals surface area contributed by atoms with Gasteiger partial charge in [0.15, 0.2) is 0 Å². The Balaban J connectivity index is 1.43. The molecule has 0 spiro atoms. The summed E-state index contributed by atoms with van der Waals surface area (Å²) in [6.45, 7) is 1.54. The monoisotopic (exact) mass is 366 g/mol. The highest BCUT2D eigenvalue weighted by Gasteiger charge is 2.37. The molecule has 128 valence electrons. The number of hydrogen-bond acceptors (Lipinski definition) is 5. The Morgan fingerprint density at radius 3 is 2.58 bits per heavy atom. The first-order valence-corrected chi connectivity index (χ1v) is 10.1. The topological polar surface area (TPSA) is 75.2 Å². The van der Waals surface area contributed by atoms with Gasteiger partial charge in [-0.05, 0) is 43.9 Å². The average molecular weight is 367 g/mol. The molecular weight excluding hydrogens is 348 g/mol. The van der Waals surface area contributed by atoms with E-state index in [0.29, 0.717) is 5.02 Å². The number of aromatic nitrogens is 2. The molecule has 2 fully saturated rings. The summed E-state index contributed by atoms with van der Waals surface area (Å²) in [7, 11) is -3.11. The quantitative estimate of drug-likeness (QED) is 0.898. The lowest BCUT2D eigenvalue weighted by Gasteiger charge is -2.32. The summed E-state index contributed by atoms with van der Waals surface area (Å²) in [5, 5.41) is 0.488. The highest BCUT2D eigenvalue weighted by molar-refractivity contribution is 7.90. The second-order valence-corrected chi connectivity index (χ2v) is 8.91. The second-order valence-electron chi connectivity index (χ2n) is 6.48. The van der Waals surface area contributed by atoms with Gasteiger partial charge in [0.05, 0.1) is 22.5 Å². The molecule has 0 bridgehead atoms. The number of halogens is 1. The van der Waals surface area contributed by atoms with Crippen molar-refractivity contribution < 1.29 is 8.42 Å². The number of sulfonamides is 1. The molecule has 6 nitrogen and oxygen atoms in total. The van der Waals surface area contributed by atoms with E-state index in [0.717, 1.165) is 55.6 Å². The summed E-state index contributed by atoms with van der Waals surface area (Å²) < 4.78 is 26.9. The molecule has 0 atom stereocenters. The smallest absolute Gasteiger partial charge is 0.214 e. The molecule has 1 aromatic carbocycles. The zero-order valence-corrected chi connectivity index (χ0v) is 14.7. The minimum atomic E-state index is -3.11. The number of benzene rings is 1. The van der Waals surface area contributed by atoms with E-state index in [2.05, 4.69) is 19.6 Å². The molecular formula is C16H19ClN4O2S. The van der Waals surface area contributed by atoms with Crippen LogP contribution in [-0.4, -0.2) is 42.8 Å². The summed E-state index contributed by atoms with van der Waals surface area (Å²) in [5.74, 6) is 0.827. The molecule has 1 saturated carbocycles.